The fourth-order valence-electron chi connectivity index (χ4n) is 3.09. The molecule has 3 rings (SSSR count). The van der Waals surface area contributed by atoms with E-state index in [2.05, 4.69) is 38.4 Å². The minimum atomic E-state index is -0.518. The first-order chi connectivity index (χ1) is 11.8. The van der Waals surface area contributed by atoms with Gasteiger partial charge in [-0.15, -0.1) is 0 Å². The maximum atomic E-state index is 10.3. The van der Waals surface area contributed by atoms with E-state index in [1.165, 1.54) is 0 Å². The van der Waals surface area contributed by atoms with Crippen LogP contribution < -0.4 is 10.1 Å². The van der Waals surface area contributed by atoms with E-state index in [0.29, 0.717) is 13.1 Å². The second kappa shape index (κ2) is 6.81. The molecule has 0 radical (unpaired) electrons. The van der Waals surface area contributed by atoms with Crippen LogP contribution in [0.2, 0.25) is 0 Å². The predicted octanol–water partition coefficient (Wildman–Crippen LogP) is 3.32. The molecule has 1 aromatic carbocycles. The first-order valence-corrected chi connectivity index (χ1v) is 8.97. The van der Waals surface area contributed by atoms with Gasteiger partial charge in [0.25, 0.3) is 0 Å². The van der Waals surface area contributed by atoms with Crippen molar-refractivity contribution >= 4 is 0 Å². The van der Waals surface area contributed by atoms with E-state index in [9.17, 15) is 5.11 Å². The topological polar surface area (TPSA) is 59.3 Å². The van der Waals surface area contributed by atoms with Crippen LogP contribution in [-0.4, -0.2) is 34.1 Å². The maximum absolute atomic E-state index is 10.3. The maximum Gasteiger partial charge on any atom is 0.119 e. The summed E-state index contributed by atoms with van der Waals surface area (Å²) in [6.07, 6.45) is 5.01. The Balaban J connectivity index is 1.85. The highest BCUT2D eigenvalue weighted by atomic mass is 16.5. The van der Waals surface area contributed by atoms with Gasteiger partial charge in [-0.3, -0.25) is 4.68 Å². The van der Waals surface area contributed by atoms with Gasteiger partial charge in [0.15, 0.2) is 0 Å². The second-order valence-corrected chi connectivity index (χ2v) is 8.03. The van der Waals surface area contributed by atoms with Crippen molar-refractivity contribution in [1.29, 1.82) is 0 Å². The second-order valence-electron chi connectivity index (χ2n) is 8.03. The zero-order valence-electron chi connectivity index (χ0n) is 15.7. The molecule has 136 valence electrons. The van der Waals surface area contributed by atoms with Crippen molar-refractivity contribution in [2.24, 2.45) is 0 Å². The van der Waals surface area contributed by atoms with Crippen molar-refractivity contribution in [3.8, 4) is 17.0 Å². The average Bonchev–Trinajstić information content (AvgIpc) is 2.98. The Labute approximate surface area is 150 Å². The molecule has 2 N–H and O–H groups in total. The molecule has 0 spiro atoms. The number of aromatic nitrogens is 2. The van der Waals surface area contributed by atoms with Crippen molar-refractivity contribution in [2.75, 3.05) is 13.7 Å². The van der Waals surface area contributed by atoms with Crippen molar-refractivity contribution in [3.63, 3.8) is 0 Å². The van der Waals surface area contributed by atoms with Gasteiger partial charge in [0.1, 0.15) is 5.75 Å². The standard InChI is InChI=1S/C20H29N3O2/c1-19(2,3)23-13-16(12-21-14-20(24)9-6-10-20)18(22-23)15-7-5-8-17(11-15)25-4/h5,7-8,11,13,21,24H,6,9-10,12,14H2,1-4H3. The van der Waals surface area contributed by atoms with E-state index in [-0.39, 0.29) is 5.54 Å². The van der Waals surface area contributed by atoms with Crippen LogP contribution in [0.1, 0.15) is 45.6 Å². The van der Waals surface area contributed by atoms with Gasteiger partial charge in [0, 0.05) is 30.4 Å². The quantitative estimate of drug-likeness (QED) is 0.845. The van der Waals surface area contributed by atoms with Gasteiger partial charge in [0.2, 0.25) is 0 Å². The fraction of sp³-hybridized carbons (Fsp3) is 0.550. The van der Waals surface area contributed by atoms with E-state index in [1.54, 1.807) is 7.11 Å². The lowest BCUT2D eigenvalue weighted by Gasteiger charge is -2.36. The fourth-order valence-corrected chi connectivity index (χ4v) is 3.09. The van der Waals surface area contributed by atoms with E-state index in [0.717, 1.165) is 41.8 Å². The lowest BCUT2D eigenvalue weighted by atomic mass is 9.80. The Morgan fingerprint density at radius 1 is 1.32 bits per heavy atom. The minimum Gasteiger partial charge on any atom is -0.497 e. The summed E-state index contributed by atoms with van der Waals surface area (Å²) in [5.41, 5.74) is 2.53. The number of nitrogens with one attached hydrogen (secondary N) is 1. The largest absolute Gasteiger partial charge is 0.497 e. The number of ether oxygens (including phenoxy) is 1. The molecular formula is C20H29N3O2. The van der Waals surface area contributed by atoms with Gasteiger partial charge < -0.3 is 15.2 Å². The Kier molecular flexibility index (Phi) is 4.89. The zero-order chi connectivity index (χ0) is 18.1. The average molecular weight is 343 g/mol. The first kappa shape index (κ1) is 18.0. The first-order valence-electron chi connectivity index (χ1n) is 8.97. The number of nitrogens with zero attached hydrogens (tertiary/aromatic N) is 2. The Bertz CT molecular complexity index is 727. The van der Waals surface area contributed by atoms with Crippen LogP contribution >= 0.6 is 0 Å². The predicted molar refractivity (Wildman–Crippen MR) is 99.7 cm³/mol. The van der Waals surface area contributed by atoms with Crippen LogP contribution in [0, 0.1) is 0 Å². The molecular weight excluding hydrogens is 314 g/mol. The summed E-state index contributed by atoms with van der Waals surface area (Å²) in [6, 6.07) is 7.99. The van der Waals surface area contributed by atoms with Gasteiger partial charge in [-0.2, -0.15) is 5.10 Å². The molecule has 0 bridgehead atoms. The minimum absolute atomic E-state index is 0.0853. The molecule has 0 unspecified atom stereocenters. The Morgan fingerprint density at radius 2 is 2.08 bits per heavy atom. The van der Waals surface area contributed by atoms with Gasteiger partial charge in [-0.25, -0.2) is 0 Å². The molecule has 25 heavy (non-hydrogen) atoms. The van der Waals surface area contributed by atoms with Crippen molar-refractivity contribution in [1.82, 2.24) is 15.1 Å². The molecule has 0 atom stereocenters. The summed E-state index contributed by atoms with van der Waals surface area (Å²) < 4.78 is 7.37. The van der Waals surface area contributed by atoms with E-state index >= 15 is 0 Å². The molecule has 5 nitrogen and oxygen atoms in total. The third-order valence-corrected chi connectivity index (χ3v) is 4.87. The summed E-state index contributed by atoms with van der Waals surface area (Å²) >= 11 is 0. The van der Waals surface area contributed by atoms with Crippen molar-refractivity contribution in [3.05, 3.63) is 36.0 Å². The van der Waals surface area contributed by atoms with Crippen LogP contribution in [0.15, 0.2) is 30.5 Å². The molecule has 1 aliphatic carbocycles. The number of hydrogen-bond donors (Lipinski definition) is 2. The molecule has 0 amide bonds. The summed E-state index contributed by atoms with van der Waals surface area (Å²) in [5.74, 6) is 0.825. The number of aliphatic hydroxyl groups is 1. The molecule has 1 aromatic heterocycles. The monoisotopic (exact) mass is 343 g/mol. The molecule has 1 fully saturated rings. The summed E-state index contributed by atoms with van der Waals surface area (Å²) in [6.45, 7) is 7.74. The molecule has 2 aromatic rings. The zero-order valence-corrected chi connectivity index (χ0v) is 15.7. The lowest BCUT2D eigenvalue weighted by molar-refractivity contribution is -0.0314. The SMILES string of the molecule is COc1cccc(-c2nn(C(C)(C)C)cc2CNCC2(O)CCC2)c1. The Hall–Kier alpha value is -1.85. The number of methoxy groups -OCH3 is 1. The molecule has 1 heterocycles. The number of benzene rings is 1. The highest BCUT2D eigenvalue weighted by Crippen LogP contribution is 2.31. The molecule has 5 heteroatoms. The molecule has 0 aliphatic heterocycles. The summed E-state index contributed by atoms with van der Waals surface area (Å²) in [7, 11) is 1.68. The van der Waals surface area contributed by atoms with Crippen molar-refractivity contribution in [2.45, 2.75) is 57.7 Å². The molecule has 1 aliphatic rings. The van der Waals surface area contributed by atoms with Crippen LogP contribution in [0.4, 0.5) is 0 Å². The van der Waals surface area contributed by atoms with Crippen LogP contribution in [0.3, 0.4) is 0 Å². The van der Waals surface area contributed by atoms with E-state index in [4.69, 9.17) is 9.84 Å². The third-order valence-electron chi connectivity index (χ3n) is 4.87. The highest BCUT2D eigenvalue weighted by molar-refractivity contribution is 5.64. The number of rotatable bonds is 6. The third kappa shape index (κ3) is 4.05. The summed E-state index contributed by atoms with van der Waals surface area (Å²) in [4.78, 5) is 0. The van der Waals surface area contributed by atoms with Gasteiger partial charge in [-0.1, -0.05) is 12.1 Å². The smallest absolute Gasteiger partial charge is 0.119 e. The molecule has 1 saturated carbocycles. The summed E-state index contributed by atoms with van der Waals surface area (Å²) in [5, 5.41) is 18.5. The van der Waals surface area contributed by atoms with Gasteiger partial charge in [0.05, 0.1) is 23.9 Å². The Morgan fingerprint density at radius 3 is 2.68 bits per heavy atom. The normalized spacial score (nSPS) is 16.5. The van der Waals surface area contributed by atoms with Crippen LogP contribution in [0.25, 0.3) is 11.3 Å². The van der Waals surface area contributed by atoms with Crippen molar-refractivity contribution < 1.29 is 9.84 Å². The van der Waals surface area contributed by atoms with Gasteiger partial charge >= 0.3 is 0 Å². The van der Waals surface area contributed by atoms with Gasteiger partial charge in [-0.05, 0) is 52.2 Å². The van der Waals surface area contributed by atoms with E-state index < -0.39 is 5.60 Å². The molecule has 0 saturated heterocycles. The van der Waals surface area contributed by atoms with Crippen LogP contribution in [-0.2, 0) is 12.1 Å². The highest BCUT2D eigenvalue weighted by Gasteiger charge is 2.33. The lowest BCUT2D eigenvalue weighted by Crippen LogP contribution is -2.46. The number of hydrogen-bond acceptors (Lipinski definition) is 4. The van der Waals surface area contributed by atoms with E-state index in [1.807, 2.05) is 22.9 Å². The van der Waals surface area contributed by atoms with Crippen LogP contribution in [0.5, 0.6) is 5.75 Å².